The Morgan fingerprint density at radius 3 is 2.60 bits per heavy atom. The van der Waals surface area contributed by atoms with Crippen LogP contribution in [0.3, 0.4) is 0 Å². The van der Waals surface area contributed by atoms with Gasteiger partial charge >= 0.3 is 0 Å². The number of carbonyl (C=O) groups excluding carboxylic acids is 1. The third kappa shape index (κ3) is 2.90. The molecule has 2 aromatic rings. The molecular weight excluding hydrogens is 246 g/mol. The lowest BCUT2D eigenvalue weighted by Gasteiger charge is -2.17. The molecule has 0 saturated carbocycles. The molecule has 3 rings (SSSR count). The van der Waals surface area contributed by atoms with Crippen molar-refractivity contribution >= 4 is 11.5 Å². The van der Waals surface area contributed by atoms with Crippen LogP contribution in [0.15, 0.2) is 54.6 Å². The minimum atomic E-state index is 0.260. The fourth-order valence-electron chi connectivity index (χ4n) is 2.79. The summed E-state index contributed by atoms with van der Waals surface area (Å²) >= 11 is 0. The minimum Gasteiger partial charge on any atom is -0.382 e. The van der Waals surface area contributed by atoms with E-state index in [1.54, 1.807) is 0 Å². The Balaban J connectivity index is 1.69. The van der Waals surface area contributed by atoms with Crippen LogP contribution in [0.4, 0.5) is 5.69 Å². The van der Waals surface area contributed by atoms with Gasteiger partial charge in [-0.3, -0.25) is 4.79 Å². The lowest BCUT2D eigenvalue weighted by Crippen LogP contribution is -2.19. The van der Waals surface area contributed by atoms with E-state index in [4.69, 9.17) is 0 Å². The molecule has 0 bridgehead atoms. The average Bonchev–Trinajstić information content (AvgIpc) is 2.66. The molecule has 0 saturated heterocycles. The van der Waals surface area contributed by atoms with Crippen LogP contribution in [0.2, 0.25) is 0 Å². The highest BCUT2D eigenvalue weighted by molar-refractivity contribution is 6.01. The van der Waals surface area contributed by atoms with E-state index in [-0.39, 0.29) is 5.78 Å². The second kappa shape index (κ2) is 5.91. The average molecular weight is 265 g/mol. The van der Waals surface area contributed by atoms with Gasteiger partial charge in [0.25, 0.3) is 0 Å². The molecule has 0 radical (unpaired) electrons. The zero-order valence-corrected chi connectivity index (χ0v) is 11.5. The standard InChI is InChI=1S/C18H19NO/c20-18-13-12-15(11-10-14-6-2-1-3-7-14)19-17-9-5-4-8-16(17)18/h1-9,15,19H,10-13H2. The number of hydrogen-bond acceptors (Lipinski definition) is 2. The largest absolute Gasteiger partial charge is 0.382 e. The Bertz CT molecular complexity index is 591. The molecule has 1 N–H and O–H groups in total. The van der Waals surface area contributed by atoms with Crippen LogP contribution in [0.25, 0.3) is 0 Å². The smallest absolute Gasteiger partial charge is 0.165 e. The summed E-state index contributed by atoms with van der Waals surface area (Å²) in [4.78, 5) is 12.1. The summed E-state index contributed by atoms with van der Waals surface area (Å²) in [5.74, 6) is 0.260. The first-order valence-electron chi connectivity index (χ1n) is 7.25. The van der Waals surface area contributed by atoms with Crippen LogP contribution >= 0.6 is 0 Å². The Morgan fingerprint density at radius 2 is 1.75 bits per heavy atom. The number of nitrogens with one attached hydrogen (secondary N) is 1. The highest BCUT2D eigenvalue weighted by Gasteiger charge is 2.20. The monoisotopic (exact) mass is 265 g/mol. The van der Waals surface area contributed by atoms with E-state index in [1.165, 1.54) is 5.56 Å². The molecule has 0 spiro atoms. The molecule has 0 fully saturated rings. The Labute approximate surface area is 119 Å². The van der Waals surface area contributed by atoms with Gasteiger partial charge in [-0.05, 0) is 37.0 Å². The third-order valence-corrected chi connectivity index (χ3v) is 3.93. The van der Waals surface area contributed by atoms with Crippen LogP contribution in [0.1, 0.15) is 35.2 Å². The lowest BCUT2D eigenvalue weighted by atomic mass is 10.0. The predicted octanol–water partition coefficient (Wildman–Crippen LogP) is 4.08. The first kappa shape index (κ1) is 12.9. The summed E-state index contributed by atoms with van der Waals surface area (Å²) in [7, 11) is 0. The minimum absolute atomic E-state index is 0.260. The van der Waals surface area contributed by atoms with Crippen molar-refractivity contribution < 1.29 is 4.79 Å². The fraction of sp³-hybridized carbons (Fsp3) is 0.278. The summed E-state index contributed by atoms with van der Waals surface area (Å²) in [5, 5.41) is 3.54. The Hall–Kier alpha value is -2.09. The maximum atomic E-state index is 12.1. The molecule has 2 nitrogen and oxygen atoms in total. The van der Waals surface area contributed by atoms with E-state index < -0.39 is 0 Å². The molecule has 1 heterocycles. The van der Waals surface area contributed by atoms with Gasteiger partial charge in [-0.1, -0.05) is 42.5 Å². The Kier molecular flexibility index (Phi) is 3.82. The number of para-hydroxylation sites is 1. The number of aryl methyl sites for hydroxylation is 1. The molecule has 1 unspecified atom stereocenters. The predicted molar refractivity (Wildman–Crippen MR) is 82.2 cm³/mol. The van der Waals surface area contributed by atoms with Crippen LogP contribution in [0.5, 0.6) is 0 Å². The normalized spacial score (nSPS) is 18.0. The van der Waals surface area contributed by atoms with E-state index >= 15 is 0 Å². The number of rotatable bonds is 3. The topological polar surface area (TPSA) is 29.1 Å². The first-order valence-corrected chi connectivity index (χ1v) is 7.25. The Morgan fingerprint density at radius 1 is 1.00 bits per heavy atom. The van der Waals surface area contributed by atoms with E-state index in [0.29, 0.717) is 12.5 Å². The van der Waals surface area contributed by atoms with Crippen molar-refractivity contribution in [2.24, 2.45) is 0 Å². The van der Waals surface area contributed by atoms with Gasteiger partial charge < -0.3 is 5.32 Å². The number of fused-ring (bicyclic) bond motifs is 1. The molecule has 0 aromatic heterocycles. The number of ketones is 1. The third-order valence-electron chi connectivity index (χ3n) is 3.93. The second-order valence-corrected chi connectivity index (χ2v) is 5.37. The summed E-state index contributed by atoms with van der Waals surface area (Å²) < 4.78 is 0. The summed E-state index contributed by atoms with van der Waals surface area (Å²) in [5.41, 5.74) is 3.20. The van der Waals surface area contributed by atoms with Crippen LogP contribution < -0.4 is 5.32 Å². The van der Waals surface area contributed by atoms with Gasteiger partial charge in [0.1, 0.15) is 0 Å². The van der Waals surface area contributed by atoms with Crippen molar-refractivity contribution in [2.75, 3.05) is 5.32 Å². The SMILES string of the molecule is O=C1CCC(CCc2ccccc2)Nc2ccccc21. The maximum Gasteiger partial charge on any atom is 0.165 e. The van der Waals surface area contributed by atoms with Gasteiger partial charge in [0.2, 0.25) is 0 Å². The highest BCUT2D eigenvalue weighted by atomic mass is 16.1. The van der Waals surface area contributed by atoms with Crippen LogP contribution in [-0.4, -0.2) is 11.8 Å². The van der Waals surface area contributed by atoms with Crippen molar-refractivity contribution in [3.05, 3.63) is 65.7 Å². The van der Waals surface area contributed by atoms with Gasteiger partial charge in [-0.25, -0.2) is 0 Å². The van der Waals surface area contributed by atoms with Crippen molar-refractivity contribution in [3.63, 3.8) is 0 Å². The molecule has 1 aliphatic rings. The number of carbonyl (C=O) groups is 1. The number of Topliss-reactive ketones (excluding diaryl/α,β-unsaturated/α-hetero) is 1. The zero-order chi connectivity index (χ0) is 13.8. The molecule has 2 aromatic carbocycles. The van der Waals surface area contributed by atoms with Gasteiger partial charge in [0.05, 0.1) is 0 Å². The van der Waals surface area contributed by atoms with E-state index in [0.717, 1.165) is 30.5 Å². The van der Waals surface area contributed by atoms with Crippen molar-refractivity contribution in [3.8, 4) is 0 Å². The summed E-state index contributed by atoms with van der Waals surface area (Å²) in [6.07, 6.45) is 3.67. The zero-order valence-electron chi connectivity index (χ0n) is 11.5. The van der Waals surface area contributed by atoms with E-state index in [2.05, 4.69) is 29.6 Å². The van der Waals surface area contributed by atoms with Crippen molar-refractivity contribution in [1.29, 1.82) is 0 Å². The van der Waals surface area contributed by atoms with Crippen molar-refractivity contribution in [1.82, 2.24) is 0 Å². The fourth-order valence-corrected chi connectivity index (χ4v) is 2.79. The molecule has 0 amide bonds. The highest BCUT2D eigenvalue weighted by Crippen LogP contribution is 2.25. The number of hydrogen-bond donors (Lipinski definition) is 1. The van der Waals surface area contributed by atoms with E-state index in [1.807, 2.05) is 30.3 Å². The van der Waals surface area contributed by atoms with Crippen LogP contribution in [-0.2, 0) is 6.42 Å². The van der Waals surface area contributed by atoms with Crippen molar-refractivity contribution in [2.45, 2.75) is 31.7 Å². The van der Waals surface area contributed by atoms with Gasteiger partial charge in [-0.2, -0.15) is 0 Å². The first-order chi connectivity index (χ1) is 9.83. The second-order valence-electron chi connectivity index (χ2n) is 5.37. The van der Waals surface area contributed by atoms with E-state index in [9.17, 15) is 4.79 Å². The molecule has 1 atom stereocenters. The summed E-state index contributed by atoms with van der Waals surface area (Å²) in [6.45, 7) is 0. The van der Waals surface area contributed by atoms with Gasteiger partial charge in [0.15, 0.2) is 5.78 Å². The molecule has 20 heavy (non-hydrogen) atoms. The number of anilines is 1. The lowest BCUT2D eigenvalue weighted by molar-refractivity contribution is 0.0981. The van der Waals surface area contributed by atoms with Gasteiger partial charge in [-0.15, -0.1) is 0 Å². The molecule has 0 aliphatic carbocycles. The van der Waals surface area contributed by atoms with Crippen LogP contribution in [0, 0.1) is 0 Å². The summed E-state index contributed by atoms with van der Waals surface area (Å²) in [6, 6.07) is 18.7. The maximum absolute atomic E-state index is 12.1. The van der Waals surface area contributed by atoms with Gasteiger partial charge in [0, 0.05) is 23.7 Å². The molecule has 102 valence electrons. The number of benzene rings is 2. The molecular formula is C18H19NO. The molecule has 2 heteroatoms. The molecule has 1 aliphatic heterocycles. The quantitative estimate of drug-likeness (QED) is 0.906.